The maximum Gasteiger partial charge on any atom is 0.437 e. The molecule has 0 saturated carbocycles. The van der Waals surface area contributed by atoms with E-state index in [1.165, 1.54) is 23.5 Å². The minimum atomic E-state index is -0.684. The first-order chi connectivity index (χ1) is 10.5. The zero-order valence-electron chi connectivity index (χ0n) is 11.0. The van der Waals surface area contributed by atoms with E-state index in [0.29, 0.717) is 10.6 Å². The fourth-order valence-corrected chi connectivity index (χ4v) is 2.75. The number of nitrogens with zero attached hydrogens (tertiary/aromatic N) is 2. The molecule has 0 atom stereocenters. The average molecular weight is 355 g/mol. The number of benzene rings is 1. The molecule has 0 fully saturated rings. The van der Waals surface area contributed by atoms with Crippen molar-refractivity contribution in [1.82, 2.24) is 9.78 Å². The van der Waals surface area contributed by atoms with Gasteiger partial charge in [-0.25, -0.2) is 4.79 Å². The zero-order valence-corrected chi connectivity index (χ0v) is 13.3. The third-order valence-corrected chi connectivity index (χ3v) is 4.47. The molecule has 0 aliphatic heterocycles. The van der Waals surface area contributed by atoms with Crippen molar-refractivity contribution in [3.8, 4) is 10.8 Å². The van der Waals surface area contributed by atoms with Crippen LogP contribution in [0.15, 0.2) is 44.9 Å². The summed E-state index contributed by atoms with van der Waals surface area (Å²) < 4.78 is 6.03. The second-order valence-electron chi connectivity index (χ2n) is 4.36. The molecule has 0 bridgehead atoms. The molecule has 0 aliphatic rings. The smallest absolute Gasteiger partial charge is 0.387 e. The van der Waals surface area contributed by atoms with Crippen molar-refractivity contribution >= 4 is 40.3 Å². The van der Waals surface area contributed by atoms with Gasteiger partial charge in [0.15, 0.2) is 5.78 Å². The lowest BCUT2D eigenvalue weighted by molar-refractivity contribution is 0.0965. The van der Waals surface area contributed by atoms with Gasteiger partial charge in [0.1, 0.15) is 6.54 Å². The number of rotatable bonds is 4. The number of Topliss-reactive ketones (excluding diaryl/α,β-unsaturated/α-hetero) is 1. The van der Waals surface area contributed by atoms with Gasteiger partial charge in [-0.05, 0) is 29.6 Å². The Kier molecular flexibility index (Phi) is 4.15. The Bertz CT molecular complexity index is 884. The zero-order chi connectivity index (χ0) is 15.7. The highest BCUT2D eigenvalue weighted by Crippen LogP contribution is 2.23. The molecule has 0 amide bonds. The lowest BCUT2D eigenvalue weighted by atomic mass is 10.1. The fourth-order valence-electron chi connectivity index (χ4n) is 1.80. The van der Waals surface area contributed by atoms with Crippen LogP contribution >= 0.6 is 34.5 Å². The number of halogens is 2. The van der Waals surface area contributed by atoms with Crippen LogP contribution in [0.2, 0.25) is 10.0 Å². The Morgan fingerprint density at radius 2 is 2.09 bits per heavy atom. The van der Waals surface area contributed by atoms with Gasteiger partial charge >= 0.3 is 5.76 Å². The molecule has 0 aliphatic carbocycles. The molecule has 0 N–H and O–H groups in total. The van der Waals surface area contributed by atoms with E-state index in [1.54, 1.807) is 12.1 Å². The van der Waals surface area contributed by atoms with Crippen LogP contribution in [-0.4, -0.2) is 15.6 Å². The third-order valence-electron chi connectivity index (χ3n) is 2.87. The van der Waals surface area contributed by atoms with Gasteiger partial charge in [-0.3, -0.25) is 4.79 Å². The van der Waals surface area contributed by atoms with Crippen LogP contribution < -0.4 is 5.76 Å². The lowest BCUT2D eigenvalue weighted by Gasteiger charge is -2.01. The van der Waals surface area contributed by atoms with Crippen LogP contribution in [-0.2, 0) is 6.54 Å². The Morgan fingerprint density at radius 1 is 1.27 bits per heavy atom. The molecule has 8 heteroatoms. The van der Waals surface area contributed by atoms with Crippen LogP contribution in [0.25, 0.3) is 10.8 Å². The molecule has 2 aromatic heterocycles. The molecule has 2 heterocycles. The summed E-state index contributed by atoms with van der Waals surface area (Å²) in [5.41, 5.74) is 0.349. The SMILES string of the molecule is O=C(Cn1nc(-c2cccs2)oc1=O)c1ccc(Cl)c(Cl)c1. The normalized spacial score (nSPS) is 10.8. The minimum Gasteiger partial charge on any atom is -0.387 e. The van der Waals surface area contributed by atoms with Gasteiger partial charge in [0.2, 0.25) is 0 Å². The van der Waals surface area contributed by atoms with Gasteiger partial charge in [-0.1, -0.05) is 29.3 Å². The van der Waals surface area contributed by atoms with E-state index < -0.39 is 5.76 Å². The van der Waals surface area contributed by atoms with Crippen molar-refractivity contribution in [1.29, 1.82) is 0 Å². The summed E-state index contributed by atoms with van der Waals surface area (Å²) in [6.07, 6.45) is 0. The van der Waals surface area contributed by atoms with Gasteiger partial charge < -0.3 is 4.42 Å². The average Bonchev–Trinajstić information content (AvgIpc) is 3.12. The maximum atomic E-state index is 12.2. The molecule has 3 rings (SSSR count). The topological polar surface area (TPSA) is 65.1 Å². The molecular formula is C14H8Cl2N2O3S. The van der Waals surface area contributed by atoms with Crippen molar-refractivity contribution in [2.75, 3.05) is 0 Å². The fraction of sp³-hybridized carbons (Fsp3) is 0.0714. The van der Waals surface area contributed by atoms with Crippen molar-refractivity contribution in [3.63, 3.8) is 0 Å². The largest absolute Gasteiger partial charge is 0.437 e. The quantitative estimate of drug-likeness (QED) is 0.669. The van der Waals surface area contributed by atoms with E-state index in [-0.39, 0.29) is 23.2 Å². The van der Waals surface area contributed by atoms with Crippen molar-refractivity contribution in [2.45, 2.75) is 6.54 Å². The van der Waals surface area contributed by atoms with Gasteiger partial charge in [0, 0.05) is 5.56 Å². The van der Waals surface area contributed by atoms with E-state index in [0.717, 1.165) is 9.56 Å². The van der Waals surface area contributed by atoms with Crippen molar-refractivity contribution < 1.29 is 9.21 Å². The number of thiophene rings is 1. The molecule has 1 aromatic carbocycles. The summed E-state index contributed by atoms with van der Waals surface area (Å²) >= 11 is 13.1. The molecule has 0 radical (unpaired) electrons. The van der Waals surface area contributed by atoms with Crippen LogP contribution in [0.3, 0.4) is 0 Å². The maximum absolute atomic E-state index is 12.2. The second kappa shape index (κ2) is 6.08. The van der Waals surface area contributed by atoms with Crippen LogP contribution in [0.4, 0.5) is 0 Å². The van der Waals surface area contributed by atoms with E-state index in [4.69, 9.17) is 27.6 Å². The van der Waals surface area contributed by atoms with Crippen LogP contribution in [0.1, 0.15) is 10.4 Å². The van der Waals surface area contributed by atoms with E-state index in [9.17, 15) is 9.59 Å². The second-order valence-corrected chi connectivity index (χ2v) is 6.12. The predicted octanol–water partition coefficient (Wildman–Crippen LogP) is 3.75. The Morgan fingerprint density at radius 3 is 2.77 bits per heavy atom. The Balaban J connectivity index is 1.85. The van der Waals surface area contributed by atoms with Gasteiger partial charge in [-0.15, -0.1) is 16.4 Å². The molecule has 22 heavy (non-hydrogen) atoms. The van der Waals surface area contributed by atoms with E-state index in [1.807, 2.05) is 11.4 Å². The summed E-state index contributed by atoms with van der Waals surface area (Å²) in [6.45, 7) is -0.230. The molecule has 0 saturated heterocycles. The highest BCUT2D eigenvalue weighted by Gasteiger charge is 2.15. The molecular weight excluding hydrogens is 347 g/mol. The van der Waals surface area contributed by atoms with Gasteiger partial charge in [-0.2, -0.15) is 4.68 Å². The molecule has 0 spiro atoms. The molecule has 5 nitrogen and oxygen atoms in total. The lowest BCUT2D eigenvalue weighted by Crippen LogP contribution is -2.21. The number of ketones is 1. The Labute approximate surface area is 138 Å². The first-order valence-electron chi connectivity index (χ1n) is 6.14. The molecule has 3 aromatic rings. The summed E-state index contributed by atoms with van der Waals surface area (Å²) in [5, 5.41) is 6.50. The van der Waals surface area contributed by atoms with Crippen LogP contribution in [0, 0.1) is 0 Å². The first kappa shape index (κ1) is 15.0. The van der Waals surface area contributed by atoms with Crippen molar-refractivity contribution in [3.05, 3.63) is 61.9 Å². The van der Waals surface area contributed by atoms with Crippen molar-refractivity contribution in [2.24, 2.45) is 0 Å². The highest BCUT2D eigenvalue weighted by molar-refractivity contribution is 7.13. The van der Waals surface area contributed by atoms with E-state index in [2.05, 4.69) is 5.10 Å². The summed E-state index contributed by atoms with van der Waals surface area (Å²) in [7, 11) is 0. The first-order valence-corrected chi connectivity index (χ1v) is 7.78. The third kappa shape index (κ3) is 2.99. The standard InChI is InChI=1S/C14H8Cl2N2O3S/c15-9-4-3-8(6-10(9)16)11(19)7-18-14(20)21-13(17-18)12-2-1-5-22-12/h1-6H,7H2. The molecule has 112 valence electrons. The highest BCUT2D eigenvalue weighted by atomic mass is 35.5. The van der Waals surface area contributed by atoms with E-state index >= 15 is 0 Å². The minimum absolute atomic E-state index is 0.196. The van der Waals surface area contributed by atoms with Gasteiger partial charge in [0.05, 0.1) is 14.9 Å². The number of hydrogen-bond acceptors (Lipinski definition) is 5. The van der Waals surface area contributed by atoms with Gasteiger partial charge in [0.25, 0.3) is 5.89 Å². The predicted molar refractivity (Wildman–Crippen MR) is 84.9 cm³/mol. The Hall–Kier alpha value is -1.89. The number of carbonyl (C=O) groups is 1. The summed E-state index contributed by atoms with van der Waals surface area (Å²) in [6, 6.07) is 8.13. The monoisotopic (exact) mass is 354 g/mol. The van der Waals surface area contributed by atoms with Crippen LogP contribution in [0.5, 0.6) is 0 Å². The summed E-state index contributed by atoms with van der Waals surface area (Å²) in [4.78, 5) is 24.7. The molecule has 0 unspecified atom stereocenters. The number of aromatic nitrogens is 2. The number of carbonyl (C=O) groups excluding carboxylic acids is 1. The summed E-state index contributed by atoms with van der Waals surface area (Å²) in [5.74, 6) is -0.801. The number of hydrogen-bond donors (Lipinski definition) is 0.